The highest BCUT2D eigenvalue weighted by Crippen LogP contribution is 2.37. The summed E-state index contributed by atoms with van der Waals surface area (Å²) in [5, 5.41) is 0. The summed E-state index contributed by atoms with van der Waals surface area (Å²) < 4.78 is 6.09. The molecule has 0 radical (unpaired) electrons. The minimum absolute atomic E-state index is 0.229. The van der Waals surface area contributed by atoms with Crippen LogP contribution in [0.4, 0.5) is 0 Å². The van der Waals surface area contributed by atoms with E-state index in [-0.39, 0.29) is 11.9 Å². The van der Waals surface area contributed by atoms with Gasteiger partial charge >= 0.3 is 0 Å². The smallest absolute Gasteiger partial charge is 0.167 e. The Morgan fingerprint density at radius 2 is 1.70 bits per heavy atom. The van der Waals surface area contributed by atoms with E-state index in [0.717, 1.165) is 30.4 Å². The van der Waals surface area contributed by atoms with Gasteiger partial charge in [-0.1, -0.05) is 60.2 Å². The lowest BCUT2D eigenvalue weighted by Crippen LogP contribution is -2.26. The molecule has 1 unspecified atom stereocenters. The molecule has 4 rings (SSSR count). The number of hydrogen-bond donors (Lipinski definition) is 0. The standard InChI is InChI=1S/C21H20O2/c22-21-13-16-12-17(11-10-15-6-2-1-3-7-15)23-14-20(16)18-8-4-5-9-19(18)21/h1-9,17H,10-14H2. The Balaban J connectivity index is 1.50. The van der Waals surface area contributed by atoms with E-state index >= 15 is 0 Å². The van der Waals surface area contributed by atoms with Crippen molar-refractivity contribution in [3.63, 3.8) is 0 Å². The number of carbonyl (C=O) groups is 1. The van der Waals surface area contributed by atoms with E-state index < -0.39 is 0 Å². The van der Waals surface area contributed by atoms with Crippen molar-refractivity contribution in [2.45, 2.75) is 31.8 Å². The highest BCUT2D eigenvalue weighted by Gasteiger charge is 2.29. The first kappa shape index (κ1) is 14.4. The van der Waals surface area contributed by atoms with Crippen molar-refractivity contribution in [1.82, 2.24) is 0 Å². The van der Waals surface area contributed by atoms with E-state index in [4.69, 9.17) is 4.74 Å². The summed E-state index contributed by atoms with van der Waals surface area (Å²) in [5.41, 5.74) is 5.83. The van der Waals surface area contributed by atoms with Crippen LogP contribution in [0.5, 0.6) is 0 Å². The molecule has 0 amide bonds. The molecule has 2 nitrogen and oxygen atoms in total. The van der Waals surface area contributed by atoms with Gasteiger partial charge in [0.1, 0.15) is 0 Å². The zero-order valence-corrected chi connectivity index (χ0v) is 13.1. The van der Waals surface area contributed by atoms with Crippen LogP contribution in [0.1, 0.15) is 40.7 Å². The molecule has 1 aliphatic heterocycles. The third-order valence-corrected chi connectivity index (χ3v) is 4.89. The minimum Gasteiger partial charge on any atom is -0.373 e. The molecule has 116 valence electrons. The van der Waals surface area contributed by atoms with Crippen LogP contribution in [0, 0.1) is 0 Å². The number of ketones is 1. The summed E-state index contributed by atoms with van der Waals surface area (Å²) in [6, 6.07) is 18.4. The molecule has 2 heteroatoms. The van der Waals surface area contributed by atoms with Gasteiger partial charge in [0.2, 0.25) is 0 Å². The first-order chi connectivity index (χ1) is 11.3. The summed E-state index contributed by atoms with van der Waals surface area (Å²) >= 11 is 0. The van der Waals surface area contributed by atoms with Crippen LogP contribution in [0.25, 0.3) is 5.57 Å². The lowest BCUT2D eigenvalue weighted by atomic mass is 9.81. The van der Waals surface area contributed by atoms with Crippen molar-refractivity contribution >= 4 is 11.4 Å². The number of aryl methyl sites for hydroxylation is 1. The summed E-state index contributed by atoms with van der Waals surface area (Å²) in [5.74, 6) is 0.253. The number of fused-ring (bicyclic) bond motifs is 2. The second kappa shape index (κ2) is 6.13. The molecule has 2 aromatic carbocycles. The quantitative estimate of drug-likeness (QED) is 0.837. The summed E-state index contributed by atoms with van der Waals surface area (Å²) in [6.07, 6.45) is 3.72. The van der Waals surface area contributed by atoms with Crippen LogP contribution >= 0.6 is 0 Å². The molecule has 0 fully saturated rings. The van der Waals surface area contributed by atoms with Crippen molar-refractivity contribution in [3.05, 3.63) is 76.9 Å². The van der Waals surface area contributed by atoms with Gasteiger partial charge in [-0.05, 0) is 36.0 Å². The Morgan fingerprint density at radius 1 is 0.957 bits per heavy atom. The molecule has 2 aromatic rings. The number of Topliss-reactive ketones (excluding diaryl/α,β-unsaturated/α-hetero) is 1. The number of ether oxygens (including phenoxy) is 1. The topological polar surface area (TPSA) is 26.3 Å². The summed E-state index contributed by atoms with van der Waals surface area (Å²) in [4.78, 5) is 12.4. The van der Waals surface area contributed by atoms with Crippen LogP contribution in [-0.4, -0.2) is 18.5 Å². The van der Waals surface area contributed by atoms with Gasteiger partial charge in [0, 0.05) is 12.0 Å². The van der Waals surface area contributed by atoms with Crippen molar-refractivity contribution < 1.29 is 9.53 Å². The maximum absolute atomic E-state index is 12.4. The van der Waals surface area contributed by atoms with Crippen molar-refractivity contribution in [2.24, 2.45) is 0 Å². The van der Waals surface area contributed by atoms with E-state index in [1.165, 1.54) is 16.7 Å². The zero-order valence-electron chi connectivity index (χ0n) is 13.1. The predicted molar refractivity (Wildman–Crippen MR) is 91.4 cm³/mol. The van der Waals surface area contributed by atoms with E-state index in [9.17, 15) is 4.79 Å². The second-order valence-electron chi connectivity index (χ2n) is 6.39. The fraction of sp³-hybridized carbons (Fsp3) is 0.286. The first-order valence-electron chi connectivity index (χ1n) is 8.30. The lowest BCUT2D eigenvalue weighted by Gasteiger charge is -2.31. The van der Waals surface area contributed by atoms with Crippen LogP contribution in [0.2, 0.25) is 0 Å². The fourth-order valence-corrected chi connectivity index (χ4v) is 3.64. The van der Waals surface area contributed by atoms with Crippen molar-refractivity contribution in [3.8, 4) is 0 Å². The summed E-state index contributed by atoms with van der Waals surface area (Å²) in [6.45, 7) is 0.638. The Hall–Kier alpha value is -2.19. The zero-order chi connectivity index (χ0) is 15.6. The average molecular weight is 304 g/mol. The van der Waals surface area contributed by atoms with E-state index in [1.54, 1.807) is 0 Å². The third-order valence-electron chi connectivity index (χ3n) is 4.89. The monoisotopic (exact) mass is 304 g/mol. The van der Waals surface area contributed by atoms with Crippen LogP contribution in [0.15, 0.2) is 60.2 Å². The van der Waals surface area contributed by atoms with Crippen molar-refractivity contribution in [1.29, 1.82) is 0 Å². The molecular formula is C21H20O2. The summed E-state index contributed by atoms with van der Waals surface area (Å²) in [7, 11) is 0. The maximum atomic E-state index is 12.4. The van der Waals surface area contributed by atoms with Gasteiger partial charge in [-0.15, -0.1) is 0 Å². The molecule has 23 heavy (non-hydrogen) atoms. The predicted octanol–water partition coefficient (Wildman–Crippen LogP) is 4.45. The van der Waals surface area contributed by atoms with Gasteiger partial charge in [0.15, 0.2) is 5.78 Å². The SMILES string of the molecule is O=C1CC2=C(COC(CCc3ccccc3)C2)c2ccccc21. The van der Waals surface area contributed by atoms with Gasteiger partial charge in [-0.3, -0.25) is 4.79 Å². The molecular weight excluding hydrogens is 284 g/mol. The van der Waals surface area contributed by atoms with Gasteiger partial charge in [0.05, 0.1) is 12.7 Å². The van der Waals surface area contributed by atoms with E-state index in [2.05, 4.69) is 30.3 Å². The van der Waals surface area contributed by atoms with Gasteiger partial charge in [-0.2, -0.15) is 0 Å². The molecule has 0 saturated heterocycles. The van der Waals surface area contributed by atoms with Crippen LogP contribution < -0.4 is 0 Å². The largest absolute Gasteiger partial charge is 0.373 e. The maximum Gasteiger partial charge on any atom is 0.167 e. The highest BCUT2D eigenvalue weighted by atomic mass is 16.5. The molecule has 0 saturated carbocycles. The van der Waals surface area contributed by atoms with E-state index in [0.29, 0.717) is 13.0 Å². The molecule has 0 spiro atoms. The number of carbonyl (C=O) groups excluding carboxylic acids is 1. The van der Waals surface area contributed by atoms with Crippen molar-refractivity contribution in [2.75, 3.05) is 6.61 Å². The molecule has 1 aliphatic carbocycles. The number of hydrogen-bond acceptors (Lipinski definition) is 2. The Morgan fingerprint density at radius 3 is 2.52 bits per heavy atom. The molecule has 0 N–H and O–H groups in total. The molecule has 1 atom stereocenters. The van der Waals surface area contributed by atoms with Gasteiger partial charge in [-0.25, -0.2) is 0 Å². The Labute approximate surface area is 136 Å². The second-order valence-corrected chi connectivity index (χ2v) is 6.39. The van der Waals surface area contributed by atoms with Gasteiger partial charge in [0.25, 0.3) is 0 Å². The number of rotatable bonds is 3. The Kier molecular flexibility index (Phi) is 3.84. The first-order valence-corrected chi connectivity index (χ1v) is 8.30. The van der Waals surface area contributed by atoms with Crippen LogP contribution in [-0.2, 0) is 11.2 Å². The fourth-order valence-electron chi connectivity index (χ4n) is 3.64. The van der Waals surface area contributed by atoms with Gasteiger partial charge < -0.3 is 4.74 Å². The Bertz CT molecular complexity index is 758. The number of benzene rings is 2. The molecule has 1 heterocycles. The average Bonchev–Trinajstić information content (AvgIpc) is 2.61. The minimum atomic E-state index is 0.229. The van der Waals surface area contributed by atoms with E-state index in [1.807, 2.05) is 24.3 Å². The third kappa shape index (κ3) is 2.87. The molecule has 0 aromatic heterocycles. The molecule has 2 aliphatic rings. The highest BCUT2D eigenvalue weighted by molar-refractivity contribution is 6.06. The molecule has 0 bridgehead atoms. The van der Waals surface area contributed by atoms with Crippen LogP contribution in [0.3, 0.4) is 0 Å². The normalized spacial score (nSPS) is 20.2. The lowest BCUT2D eigenvalue weighted by molar-refractivity contribution is 0.0615.